The van der Waals surface area contributed by atoms with Gasteiger partial charge in [-0.25, -0.2) is 8.42 Å². The van der Waals surface area contributed by atoms with E-state index in [0.717, 1.165) is 15.9 Å². The molecule has 0 bridgehead atoms. The van der Waals surface area contributed by atoms with E-state index in [1.54, 1.807) is 11.7 Å². The third-order valence-electron chi connectivity index (χ3n) is 3.66. The fraction of sp³-hybridized carbons (Fsp3) is 0.500. The molecule has 2 aromatic heterocycles. The number of anilines is 1. The number of nitrogens with zero attached hydrogens (tertiary/aromatic N) is 2. The highest BCUT2D eigenvalue weighted by Crippen LogP contribution is 2.35. The lowest BCUT2D eigenvalue weighted by atomic mass is 10.2. The molecular formula is C12H16N4O3S2. The van der Waals surface area contributed by atoms with Crippen molar-refractivity contribution in [2.24, 2.45) is 7.05 Å². The molecule has 1 aliphatic heterocycles. The van der Waals surface area contributed by atoms with Crippen LogP contribution in [0.5, 0.6) is 0 Å². The van der Waals surface area contributed by atoms with Gasteiger partial charge in [0.05, 0.1) is 28.3 Å². The molecule has 0 spiro atoms. The monoisotopic (exact) mass is 328 g/mol. The van der Waals surface area contributed by atoms with Crippen molar-refractivity contribution >= 4 is 43.0 Å². The summed E-state index contributed by atoms with van der Waals surface area (Å²) in [6, 6.07) is -0.327. The van der Waals surface area contributed by atoms with E-state index in [2.05, 4.69) is 10.4 Å². The number of aryl methyl sites for hydroxylation is 2. The molecule has 1 unspecified atom stereocenters. The van der Waals surface area contributed by atoms with Gasteiger partial charge in [0.2, 0.25) is 0 Å². The van der Waals surface area contributed by atoms with Crippen LogP contribution in [0, 0.1) is 6.92 Å². The van der Waals surface area contributed by atoms with Gasteiger partial charge in [0.1, 0.15) is 9.71 Å². The quantitative estimate of drug-likeness (QED) is 0.832. The molecule has 3 rings (SSSR count). The van der Waals surface area contributed by atoms with Gasteiger partial charge in [-0.1, -0.05) is 0 Å². The van der Waals surface area contributed by atoms with Gasteiger partial charge in [-0.05, 0) is 13.3 Å². The zero-order valence-corrected chi connectivity index (χ0v) is 13.3. The summed E-state index contributed by atoms with van der Waals surface area (Å²) in [5.41, 5.74) is 7.26. The third-order valence-corrected chi connectivity index (χ3v) is 6.70. The van der Waals surface area contributed by atoms with Crippen molar-refractivity contribution in [3.63, 3.8) is 0 Å². The predicted octanol–water partition coefficient (Wildman–Crippen LogP) is 0.442. The van der Waals surface area contributed by atoms with Crippen molar-refractivity contribution in [1.82, 2.24) is 15.1 Å². The van der Waals surface area contributed by atoms with Crippen molar-refractivity contribution in [3.8, 4) is 0 Å². The molecule has 2 aromatic rings. The Hall–Kier alpha value is -1.61. The first-order valence-corrected chi connectivity index (χ1v) is 9.15. The van der Waals surface area contributed by atoms with Crippen LogP contribution in [0.25, 0.3) is 10.2 Å². The van der Waals surface area contributed by atoms with Crippen LogP contribution in [-0.4, -0.2) is 41.7 Å². The average molecular weight is 328 g/mol. The van der Waals surface area contributed by atoms with Crippen molar-refractivity contribution in [2.45, 2.75) is 19.4 Å². The van der Waals surface area contributed by atoms with Gasteiger partial charge in [0, 0.05) is 13.1 Å². The molecule has 0 saturated carbocycles. The first kappa shape index (κ1) is 14.3. The number of thiophene rings is 1. The molecule has 1 atom stereocenters. The summed E-state index contributed by atoms with van der Waals surface area (Å²) in [6.45, 7) is 1.84. The Morgan fingerprint density at radius 2 is 2.24 bits per heavy atom. The zero-order chi connectivity index (χ0) is 15.4. The van der Waals surface area contributed by atoms with Gasteiger partial charge < -0.3 is 11.1 Å². The van der Waals surface area contributed by atoms with Crippen LogP contribution in [0.1, 0.15) is 21.8 Å². The maximum Gasteiger partial charge on any atom is 0.263 e. The highest BCUT2D eigenvalue weighted by Gasteiger charge is 2.30. The molecule has 1 amide bonds. The number of rotatable bonds is 2. The molecule has 3 N–H and O–H groups in total. The van der Waals surface area contributed by atoms with Crippen LogP contribution < -0.4 is 11.1 Å². The number of hydrogen-bond donors (Lipinski definition) is 2. The number of hydrogen-bond acceptors (Lipinski definition) is 6. The van der Waals surface area contributed by atoms with Gasteiger partial charge in [-0.15, -0.1) is 11.3 Å². The van der Waals surface area contributed by atoms with Gasteiger partial charge in [0.25, 0.3) is 5.91 Å². The molecule has 7 nitrogen and oxygen atoms in total. The Morgan fingerprint density at radius 1 is 1.52 bits per heavy atom. The van der Waals surface area contributed by atoms with E-state index in [1.165, 1.54) is 11.3 Å². The zero-order valence-electron chi connectivity index (χ0n) is 11.7. The fourth-order valence-corrected chi connectivity index (χ4v) is 5.42. The number of aromatic nitrogens is 2. The molecule has 0 aliphatic carbocycles. The molecule has 3 heterocycles. The van der Waals surface area contributed by atoms with Gasteiger partial charge >= 0.3 is 0 Å². The largest absolute Gasteiger partial charge is 0.397 e. The summed E-state index contributed by atoms with van der Waals surface area (Å²) in [6.07, 6.45) is 0.458. The van der Waals surface area contributed by atoms with E-state index in [0.29, 0.717) is 17.0 Å². The maximum absolute atomic E-state index is 12.3. The normalized spacial score (nSPS) is 21.0. The van der Waals surface area contributed by atoms with E-state index in [1.807, 2.05) is 6.92 Å². The summed E-state index contributed by atoms with van der Waals surface area (Å²) in [5.74, 6) is -0.178. The van der Waals surface area contributed by atoms with E-state index < -0.39 is 9.84 Å². The van der Waals surface area contributed by atoms with Crippen LogP contribution in [0.4, 0.5) is 5.69 Å². The highest BCUT2D eigenvalue weighted by molar-refractivity contribution is 7.91. The van der Waals surface area contributed by atoms with Crippen LogP contribution >= 0.6 is 11.3 Å². The summed E-state index contributed by atoms with van der Waals surface area (Å²) in [5, 5.41) is 7.83. The number of carbonyl (C=O) groups excluding carboxylic acids is 1. The summed E-state index contributed by atoms with van der Waals surface area (Å²) in [4.78, 5) is 13.6. The minimum atomic E-state index is -3.02. The minimum Gasteiger partial charge on any atom is -0.397 e. The number of amides is 1. The minimum absolute atomic E-state index is 0.00409. The molecule has 21 heavy (non-hydrogen) atoms. The van der Waals surface area contributed by atoms with Crippen LogP contribution in [0.2, 0.25) is 0 Å². The molecule has 9 heteroatoms. The molecule has 0 aromatic carbocycles. The SMILES string of the molecule is Cc1nn(C)c2sc(C(=O)NC3CCS(=O)(=O)C3)c(N)c12. The van der Waals surface area contributed by atoms with E-state index >= 15 is 0 Å². The molecular weight excluding hydrogens is 312 g/mol. The van der Waals surface area contributed by atoms with Gasteiger partial charge in [-0.2, -0.15) is 5.10 Å². The highest BCUT2D eigenvalue weighted by atomic mass is 32.2. The second kappa shape index (κ2) is 4.70. The van der Waals surface area contributed by atoms with E-state index in [-0.39, 0.29) is 23.5 Å². The number of nitrogen functional groups attached to an aromatic ring is 1. The van der Waals surface area contributed by atoms with Crippen molar-refractivity contribution in [2.75, 3.05) is 17.2 Å². The van der Waals surface area contributed by atoms with Crippen LogP contribution in [-0.2, 0) is 16.9 Å². The second-order valence-corrected chi connectivity index (χ2v) is 8.54. The number of sulfone groups is 1. The molecule has 1 aliphatic rings. The average Bonchev–Trinajstić information content (AvgIpc) is 2.97. The molecule has 1 saturated heterocycles. The van der Waals surface area contributed by atoms with Gasteiger partial charge in [0.15, 0.2) is 9.84 Å². The smallest absolute Gasteiger partial charge is 0.263 e. The Bertz CT molecular complexity index is 834. The summed E-state index contributed by atoms with van der Waals surface area (Å²) in [7, 11) is -1.22. The van der Waals surface area contributed by atoms with Crippen LogP contribution in [0.15, 0.2) is 0 Å². The first-order chi connectivity index (χ1) is 9.78. The Labute approximate surface area is 126 Å². The standard InChI is InChI=1S/C12H16N4O3S2/c1-6-8-9(13)10(20-12(8)16(2)15-6)11(17)14-7-3-4-21(18,19)5-7/h7H,3-5,13H2,1-2H3,(H,14,17). The Morgan fingerprint density at radius 3 is 2.81 bits per heavy atom. The Kier molecular flexibility index (Phi) is 3.21. The second-order valence-electron chi connectivity index (χ2n) is 5.31. The van der Waals surface area contributed by atoms with Crippen molar-refractivity contribution < 1.29 is 13.2 Å². The molecule has 0 radical (unpaired) electrons. The maximum atomic E-state index is 12.3. The van der Waals surface area contributed by atoms with Crippen molar-refractivity contribution in [3.05, 3.63) is 10.6 Å². The number of nitrogens with one attached hydrogen (secondary N) is 1. The third kappa shape index (κ3) is 2.40. The first-order valence-electron chi connectivity index (χ1n) is 6.51. The molecule has 114 valence electrons. The van der Waals surface area contributed by atoms with Crippen molar-refractivity contribution in [1.29, 1.82) is 0 Å². The number of nitrogens with two attached hydrogens (primary N) is 1. The lowest BCUT2D eigenvalue weighted by molar-refractivity contribution is 0.0946. The summed E-state index contributed by atoms with van der Waals surface area (Å²) >= 11 is 1.28. The predicted molar refractivity (Wildman–Crippen MR) is 82.3 cm³/mol. The number of fused-ring (bicyclic) bond motifs is 1. The Balaban J connectivity index is 1.89. The lowest BCUT2D eigenvalue weighted by Crippen LogP contribution is -2.35. The van der Waals surface area contributed by atoms with Crippen LogP contribution in [0.3, 0.4) is 0 Å². The molecule has 1 fully saturated rings. The topological polar surface area (TPSA) is 107 Å². The summed E-state index contributed by atoms with van der Waals surface area (Å²) < 4.78 is 24.6. The van der Waals surface area contributed by atoms with E-state index in [4.69, 9.17) is 5.73 Å². The van der Waals surface area contributed by atoms with E-state index in [9.17, 15) is 13.2 Å². The van der Waals surface area contributed by atoms with Gasteiger partial charge in [-0.3, -0.25) is 9.48 Å². The fourth-order valence-electron chi connectivity index (χ4n) is 2.66. The number of carbonyl (C=O) groups is 1. The lowest BCUT2D eigenvalue weighted by Gasteiger charge is -2.10.